The van der Waals surface area contributed by atoms with Gasteiger partial charge in [-0.2, -0.15) is 0 Å². The number of piperidine rings is 1. The van der Waals surface area contributed by atoms with Gasteiger partial charge in [-0.25, -0.2) is 9.37 Å². The Balaban J connectivity index is 1.64. The number of amides is 2. The van der Waals surface area contributed by atoms with Gasteiger partial charge in [0.2, 0.25) is 5.91 Å². The normalized spacial score (nSPS) is 17.2. The number of carbonyl (C=O) groups is 2. The van der Waals surface area contributed by atoms with Crippen LogP contribution in [0.15, 0.2) is 29.6 Å². The highest BCUT2D eigenvalue weighted by Gasteiger charge is 2.28. The van der Waals surface area contributed by atoms with Gasteiger partial charge in [0.05, 0.1) is 22.8 Å². The van der Waals surface area contributed by atoms with Crippen LogP contribution < -0.4 is 5.32 Å². The van der Waals surface area contributed by atoms with Crippen LogP contribution in [0.2, 0.25) is 0 Å². The van der Waals surface area contributed by atoms with Crippen LogP contribution in [0, 0.1) is 11.7 Å². The van der Waals surface area contributed by atoms with E-state index < -0.39 is 5.82 Å². The Morgan fingerprint density at radius 2 is 2.15 bits per heavy atom. The Morgan fingerprint density at radius 1 is 1.37 bits per heavy atom. The van der Waals surface area contributed by atoms with Crippen molar-refractivity contribution in [3.8, 4) is 0 Å². The molecule has 1 saturated heterocycles. The lowest BCUT2D eigenvalue weighted by Gasteiger charge is -2.32. The molecule has 1 aromatic carbocycles. The number of hydrogen-bond acceptors (Lipinski definition) is 4. The summed E-state index contributed by atoms with van der Waals surface area (Å²) >= 11 is 1.55. The smallest absolute Gasteiger partial charge is 0.256 e. The van der Waals surface area contributed by atoms with Gasteiger partial charge in [0, 0.05) is 30.3 Å². The van der Waals surface area contributed by atoms with E-state index in [1.54, 1.807) is 28.4 Å². The predicted molar refractivity (Wildman–Crippen MR) is 103 cm³/mol. The molecule has 0 bridgehead atoms. The number of likely N-dealkylation sites (tertiary alicyclic amines) is 1. The summed E-state index contributed by atoms with van der Waals surface area (Å²) in [5, 5.41) is 5.79. The van der Waals surface area contributed by atoms with E-state index in [0.717, 1.165) is 23.5 Å². The molecule has 1 aliphatic heterocycles. The number of carbonyl (C=O) groups excluding carboxylic acids is 2. The molecule has 7 heteroatoms. The maximum absolute atomic E-state index is 13.9. The fourth-order valence-electron chi connectivity index (χ4n) is 3.14. The average molecular weight is 389 g/mol. The molecule has 27 heavy (non-hydrogen) atoms. The van der Waals surface area contributed by atoms with Crippen LogP contribution in [0.5, 0.6) is 0 Å². The minimum atomic E-state index is -0.484. The molecule has 3 rings (SSSR count). The standard InChI is InChI=1S/C20H24FN3O2S/c1-13(2)18(25)22-10-15-12-27-19(23-15)14-6-5-9-24(11-14)20(26)16-7-3-4-8-17(16)21/h3-4,7-8,12-14H,5-6,9-11H2,1-2H3,(H,22,25)/t14-/m0/s1. The maximum Gasteiger partial charge on any atom is 0.256 e. The van der Waals surface area contributed by atoms with Gasteiger partial charge in [-0.15, -0.1) is 11.3 Å². The third kappa shape index (κ3) is 4.71. The largest absolute Gasteiger partial charge is 0.350 e. The molecule has 1 aliphatic rings. The molecule has 144 valence electrons. The van der Waals surface area contributed by atoms with E-state index in [1.165, 1.54) is 12.1 Å². The molecule has 2 aromatic rings. The van der Waals surface area contributed by atoms with Crippen molar-refractivity contribution in [3.05, 3.63) is 51.7 Å². The van der Waals surface area contributed by atoms with Crippen molar-refractivity contribution in [3.63, 3.8) is 0 Å². The van der Waals surface area contributed by atoms with Crippen molar-refractivity contribution < 1.29 is 14.0 Å². The summed E-state index contributed by atoms with van der Waals surface area (Å²) in [4.78, 5) is 30.7. The molecule has 0 aliphatic carbocycles. The van der Waals surface area contributed by atoms with E-state index in [-0.39, 0.29) is 29.2 Å². The second-order valence-corrected chi connectivity index (χ2v) is 8.01. The topological polar surface area (TPSA) is 62.3 Å². The summed E-state index contributed by atoms with van der Waals surface area (Å²) in [6.07, 6.45) is 1.82. The summed E-state index contributed by atoms with van der Waals surface area (Å²) in [6, 6.07) is 6.10. The third-order valence-corrected chi connectivity index (χ3v) is 5.76. The Labute approximate surface area is 162 Å². The molecule has 0 saturated carbocycles. The van der Waals surface area contributed by atoms with Gasteiger partial charge in [-0.3, -0.25) is 9.59 Å². The third-order valence-electron chi connectivity index (χ3n) is 4.70. The Bertz CT molecular complexity index is 821. The molecule has 1 aromatic heterocycles. The van der Waals surface area contributed by atoms with Crippen molar-refractivity contribution in [2.75, 3.05) is 13.1 Å². The summed E-state index contributed by atoms with van der Waals surface area (Å²) < 4.78 is 13.9. The van der Waals surface area contributed by atoms with Crippen molar-refractivity contribution in [2.24, 2.45) is 5.92 Å². The zero-order valence-corrected chi connectivity index (χ0v) is 16.4. The lowest BCUT2D eigenvalue weighted by atomic mass is 9.98. The van der Waals surface area contributed by atoms with Crippen LogP contribution >= 0.6 is 11.3 Å². The van der Waals surface area contributed by atoms with E-state index in [2.05, 4.69) is 10.3 Å². The number of hydrogen-bond donors (Lipinski definition) is 1. The van der Waals surface area contributed by atoms with Crippen LogP contribution in [0.4, 0.5) is 4.39 Å². The number of halogens is 1. The second-order valence-electron chi connectivity index (χ2n) is 7.12. The van der Waals surface area contributed by atoms with E-state index in [4.69, 9.17) is 0 Å². The van der Waals surface area contributed by atoms with E-state index in [1.807, 2.05) is 19.2 Å². The highest BCUT2D eigenvalue weighted by molar-refractivity contribution is 7.09. The summed E-state index contributed by atoms with van der Waals surface area (Å²) in [5.41, 5.74) is 0.955. The molecule has 0 unspecified atom stereocenters. The Kier molecular flexibility index (Phi) is 6.21. The van der Waals surface area contributed by atoms with Gasteiger partial charge >= 0.3 is 0 Å². The fourth-order valence-corrected chi connectivity index (χ4v) is 4.09. The molecule has 1 N–H and O–H groups in total. The lowest BCUT2D eigenvalue weighted by Crippen LogP contribution is -2.39. The SMILES string of the molecule is CC(C)C(=O)NCc1csc([C@H]2CCCN(C(=O)c3ccccc3F)C2)n1. The van der Waals surface area contributed by atoms with Crippen LogP contribution in [-0.4, -0.2) is 34.8 Å². The summed E-state index contributed by atoms with van der Waals surface area (Å²) in [7, 11) is 0. The van der Waals surface area contributed by atoms with Crippen LogP contribution in [0.1, 0.15) is 53.7 Å². The predicted octanol–water partition coefficient (Wildman–Crippen LogP) is 3.57. The first kappa shape index (κ1) is 19.5. The molecule has 0 spiro atoms. The first-order valence-corrected chi connectivity index (χ1v) is 10.1. The minimum Gasteiger partial charge on any atom is -0.350 e. The van der Waals surface area contributed by atoms with Gasteiger partial charge in [-0.05, 0) is 25.0 Å². The minimum absolute atomic E-state index is 0.00359. The number of thiazole rings is 1. The van der Waals surface area contributed by atoms with Crippen molar-refractivity contribution in [1.82, 2.24) is 15.2 Å². The maximum atomic E-state index is 13.9. The molecule has 1 atom stereocenters. The van der Waals surface area contributed by atoms with E-state index in [9.17, 15) is 14.0 Å². The number of rotatable bonds is 5. The monoisotopic (exact) mass is 389 g/mol. The summed E-state index contributed by atoms with van der Waals surface area (Å²) in [5.74, 6) is -0.655. The molecule has 0 radical (unpaired) electrons. The molecule has 2 heterocycles. The average Bonchev–Trinajstić information content (AvgIpc) is 3.15. The van der Waals surface area contributed by atoms with Crippen molar-refractivity contribution >= 4 is 23.2 Å². The van der Waals surface area contributed by atoms with Gasteiger partial charge in [0.25, 0.3) is 5.91 Å². The van der Waals surface area contributed by atoms with Crippen molar-refractivity contribution in [2.45, 2.75) is 39.2 Å². The summed E-state index contributed by atoms with van der Waals surface area (Å²) in [6.45, 7) is 5.29. The van der Waals surface area contributed by atoms with Gasteiger partial charge in [0.1, 0.15) is 5.82 Å². The highest BCUT2D eigenvalue weighted by Crippen LogP contribution is 2.30. The number of nitrogens with zero attached hydrogens (tertiary/aromatic N) is 2. The van der Waals surface area contributed by atoms with Crippen LogP contribution in [-0.2, 0) is 11.3 Å². The number of nitrogens with one attached hydrogen (secondary N) is 1. The first-order chi connectivity index (χ1) is 13.0. The van der Waals surface area contributed by atoms with Gasteiger partial charge < -0.3 is 10.2 Å². The Morgan fingerprint density at radius 3 is 2.89 bits per heavy atom. The molecule has 1 fully saturated rings. The highest BCUT2D eigenvalue weighted by atomic mass is 32.1. The van der Waals surface area contributed by atoms with E-state index >= 15 is 0 Å². The zero-order chi connectivity index (χ0) is 19.4. The molecule has 2 amide bonds. The van der Waals surface area contributed by atoms with Crippen LogP contribution in [0.3, 0.4) is 0 Å². The number of benzene rings is 1. The second kappa shape index (κ2) is 8.61. The van der Waals surface area contributed by atoms with Gasteiger partial charge in [-0.1, -0.05) is 26.0 Å². The Hall–Kier alpha value is -2.28. The lowest BCUT2D eigenvalue weighted by molar-refractivity contribution is -0.124. The zero-order valence-electron chi connectivity index (χ0n) is 15.6. The van der Waals surface area contributed by atoms with E-state index in [0.29, 0.717) is 19.6 Å². The number of aromatic nitrogens is 1. The molecular weight excluding hydrogens is 365 g/mol. The fraction of sp³-hybridized carbons (Fsp3) is 0.450. The first-order valence-electron chi connectivity index (χ1n) is 9.21. The van der Waals surface area contributed by atoms with Crippen molar-refractivity contribution in [1.29, 1.82) is 0 Å². The molecular formula is C20H24FN3O2S. The quantitative estimate of drug-likeness (QED) is 0.850. The molecule has 5 nitrogen and oxygen atoms in total. The van der Waals surface area contributed by atoms with Gasteiger partial charge in [0.15, 0.2) is 0 Å². The van der Waals surface area contributed by atoms with Crippen LogP contribution in [0.25, 0.3) is 0 Å².